The molecule has 2 rings (SSSR count). The number of rotatable bonds is 2. The highest BCUT2D eigenvalue weighted by molar-refractivity contribution is 5.87. The third kappa shape index (κ3) is 2.42. The first-order chi connectivity index (χ1) is 8.43. The number of esters is 1. The number of hydrogen-bond donors (Lipinski definition) is 0. The van der Waals surface area contributed by atoms with Crippen LogP contribution < -0.4 is 0 Å². The Balaban J connectivity index is 2.41. The van der Waals surface area contributed by atoms with E-state index in [1.165, 1.54) is 20.0 Å². The van der Waals surface area contributed by atoms with Crippen LogP contribution in [0.15, 0.2) is 6.07 Å². The summed E-state index contributed by atoms with van der Waals surface area (Å²) in [4.78, 5) is 11.8. The zero-order valence-electron chi connectivity index (χ0n) is 11.7. The van der Waals surface area contributed by atoms with Crippen molar-refractivity contribution < 1.29 is 9.53 Å². The predicted octanol–water partition coefficient (Wildman–Crippen LogP) is 3.08. The van der Waals surface area contributed by atoms with E-state index in [2.05, 4.69) is 25.9 Å². The first-order valence-electron chi connectivity index (χ1n) is 6.62. The Morgan fingerprint density at radius 2 is 2.00 bits per heavy atom. The van der Waals surface area contributed by atoms with E-state index in [1.807, 2.05) is 10.7 Å². The molecule has 0 amide bonds. The normalized spacial score (nSPS) is 17.1. The SMILES string of the molecule is COC(=O)c1cc(C(C)(C)C)nn1C1CCCC1. The maximum Gasteiger partial charge on any atom is 0.356 e. The van der Waals surface area contributed by atoms with Gasteiger partial charge in [-0.3, -0.25) is 4.68 Å². The van der Waals surface area contributed by atoms with E-state index >= 15 is 0 Å². The largest absolute Gasteiger partial charge is 0.464 e. The van der Waals surface area contributed by atoms with Crippen LogP contribution >= 0.6 is 0 Å². The quantitative estimate of drug-likeness (QED) is 0.758. The number of ether oxygens (including phenoxy) is 1. The molecule has 1 fully saturated rings. The van der Waals surface area contributed by atoms with Crippen molar-refractivity contribution in [3.63, 3.8) is 0 Å². The lowest BCUT2D eigenvalue weighted by atomic mass is 9.92. The minimum absolute atomic E-state index is 0.0490. The van der Waals surface area contributed by atoms with E-state index in [0.29, 0.717) is 11.7 Å². The van der Waals surface area contributed by atoms with Gasteiger partial charge in [-0.05, 0) is 18.9 Å². The van der Waals surface area contributed by atoms with Gasteiger partial charge in [0.05, 0.1) is 18.8 Å². The molecule has 0 bridgehead atoms. The smallest absolute Gasteiger partial charge is 0.356 e. The summed E-state index contributed by atoms with van der Waals surface area (Å²) >= 11 is 0. The van der Waals surface area contributed by atoms with Gasteiger partial charge in [-0.1, -0.05) is 33.6 Å². The Morgan fingerprint density at radius 3 is 2.50 bits per heavy atom. The highest BCUT2D eigenvalue weighted by Gasteiger charge is 2.28. The lowest BCUT2D eigenvalue weighted by molar-refractivity contribution is 0.0583. The molecule has 0 aliphatic heterocycles. The van der Waals surface area contributed by atoms with Crippen LogP contribution in [0.3, 0.4) is 0 Å². The topological polar surface area (TPSA) is 44.1 Å². The molecule has 1 aromatic rings. The molecule has 0 N–H and O–H groups in total. The summed E-state index contributed by atoms with van der Waals surface area (Å²) in [7, 11) is 1.42. The van der Waals surface area contributed by atoms with E-state index in [-0.39, 0.29) is 11.4 Å². The van der Waals surface area contributed by atoms with Crippen LogP contribution in [-0.2, 0) is 10.2 Å². The molecule has 0 saturated heterocycles. The predicted molar refractivity (Wildman–Crippen MR) is 69.8 cm³/mol. The zero-order valence-corrected chi connectivity index (χ0v) is 11.7. The van der Waals surface area contributed by atoms with Crippen molar-refractivity contribution in [2.24, 2.45) is 0 Å². The molecule has 0 spiro atoms. The van der Waals surface area contributed by atoms with Gasteiger partial charge >= 0.3 is 5.97 Å². The summed E-state index contributed by atoms with van der Waals surface area (Å²) in [6.07, 6.45) is 4.65. The van der Waals surface area contributed by atoms with Crippen LogP contribution in [0.2, 0.25) is 0 Å². The van der Waals surface area contributed by atoms with Crippen molar-refractivity contribution in [1.29, 1.82) is 0 Å². The summed E-state index contributed by atoms with van der Waals surface area (Å²) in [5, 5.41) is 4.65. The first kappa shape index (κ1) is 13.1. The maximum absolute atomic E-state index is 11.8. The van der Waals surface area contributed by atoms with E-state index in [9.17, 15) is 4.79 Å². The molecule has 100 valence electrons. The van der Waals surface area contributed by atoms with Gasteiger partial charge in [-0.2, -0.15) is 5.10 Å². The molecule has 0 aromatic carbocycles. The molecule has 1 aliphatic carbocycles. The molecular formula is C14H22N2O2. The first-order valence-corrected chi connectivity index (χ1v) is 6.62. The van der Waals surface area contributed by atoms with E-state index in [4.69, 9.17) is 4.74 Å². The van der Waals surface area contributed by atoms with E-state index in [1.54, 1.807) is 0 Å². The Labute approximate surface area is 108 Å². The van der Waals surface area contributed by atoms with Crippen LogP contribution in [0, 0.1) is 0 Å². The third-order valence-corrected chi connectivity index (χ3v) is 3.57. The molecule has 4 nitrogen and oxygen atoms in total. The highest BCUT2D eigenvalue weighted by atomic mass is 16.5. The molecule has 4 heteroatoms. The van der Waals surface area contributed by atoms with Crippen molar-refractivity contribution >= 4 is 5.97 Å². The zero-order chi connectivity index (χ0) is 13.3. The van der Waals surface area contributed by atoms with Crippen molar-refractivity contribution in [1.82, 2.24) is 9.78 Å². The fraction of sp³-hybridized carbons (Fsp3) is 0.714. The Hall–Kier alpha value is -1.32. The van der Waals surface area contributed by atoms with E-state index in [0.717, 1.165) is 18.5 Å². The second-order valence-corrected chi connectivity index (χ2v) is 6.04. The molecule has 0 unspecified atom stereocenters. The summed E-state index contributed by atoms with van der Waals surface area (Å²) in [5.74, 6) is -0.287. The van der Waals surface area contributed by atoms with Gasteiger partial charge in [-0.25, -0.2) is 4.79 Å². The average molecular weight is 250 g/mol. The summed E-state index contributed by atoms with van der Waals surface area (Å²) in [6, 6.07) is 2.24. The van der Waals surface area contributed by atoms with Gasteiger partial charge in [0.1, 0.15) is 5.69 Å². The molecule has 1 aromatic heterocycles. The molecule has 0 radical (unpaired) electrons. The number of carbonyl (C=O) groups is 1. The highest BCUT2D eigenvalue weighted by Crippen LogP contribution is 2.32. The van der Waals surface area contributed by atoms with Gasteiger partial charge < -0.3 is 4.74 Å². The fourth-order valence-electron chi connectivity index (χ4n) is 2.45. The van der Waals surface area contributed by atoms with Gasteiger partial charge in [0.2, 0.25) is 0 Å². The van der Waals surface area contributed by atoms with Gasteiger partial charge in [0.25, 0.3) is 0 Å². The second kappa shape index (κ2) is 4.75. The summed E-state index contributed by atoms with van der Waals surface area (Å²) in [6.45, 7) is 6.32. The Morgan fingerprint density at radius 1 is 1.39 bits per heavy atom. The van der Waals surface area contributed by atoms with Crippen LogP contribution in [0.25, 0.3) is 0 Å². The molecule has 18 heavy (non-hydrogen) atoms. The van der Waals surface area contributed by atoms with E-state index < -0.39 is 0 Å². The number of hydrogen-bond acceptors (Lipinski definition) is 3. The number of carbonyl (C=O) groups excluding carboxylic acids is 1. The number of nitrogens with zero attached hydrogens (tertiary/aromatic N) is 2. The molecule has 1 saturated carbocycles. The maximum atomic E-state index is 11.8. The fourth-order valence-corrected chi connectivity index (χ4v) is 2.45. The minimum atomic E-state index is -0.287. The van der Waals surface area contributed by atoms with Crippen LogP contribution in [0.1, 0.15) is 68.7 Å². The van der Waals surface area contributed by atoms with Gasteiger partial charge in [0.15, 0.2) is 0 Å². The van der Waals surface area contributed by atoms with Crippen molar-refractivity contribution in [2.45, 2.75) is 57.9 Å². The standard InChI is InChI=1S/C14H22N2O2/c1-14(2,3)12-9-11(13(17)18-4)16(15-12)10-7-5-6-8-10/h9-10H,5-8H2,1-4H3. The van der Waals surface area contributed by atoms with Crippen molar-refractivity contribution in [3.8, 4) is 0 Å². The summed E-state index contributed by atoms with van der Waals surface area (Å²) in [5.41, 5.74) is 1.50. The Bertz CT molecular complexity index is 437. The van der Waals surface area contributed by atoms with Crippen LogP contribution in [0.4, 0.5) is 0 Å². The van der Waals surface area contributed by atoms with Crippen LogP contribution in [0.5, 0.6) is 0 Å². The lowest BCUT2D eigenvalue weighted by Gasteiger charge is -2.15. The molecule has 1 aliphatic rings. The van der Waals surface area contributed by atoms with Crippen molar-refractivity contribution in [2.75, 3.05) is 7.11 Å². The number of methoxy groups -OCH3 is 1. The average Bonchev–Trinajstić information content (AvgIpc) is 2.94. The van der Waals surface area contributed by atoms with Crippen molar-refractivity contribution in [3.05, 3.63) is 17.5 Å². The summed E-state index contributed by atoms with van der Waals surface area (Å²) < 4.78 is 6.75. The minimum Gasteiger partial charge on any atom is -0.464 e. The molecule has 0 atom stereocenters. The molecular weight excluding hydrogens is 228 g/mol. The van der Waals surface area contributed by atoms with Crippen LogP contribution in [-0.4, -0.2) is 22.9 Å². The van der Waals surface area contributed by atoms with Gasteiger partial charge in [-0.15, -0.1) is 0 Å². The molecule has 1 heterocycles. The Kier molecular flexibility index (Phi) is 3.46. The monoisotopic (exact) mass is 250 g/mol. The third-order valence-electron chi connectivity index (χ3n) is 3.57. The van der Waals surface area contributed by atoms with Gasteiger partial charge in [0, 0.05) is 5.41 Å². The number of aromatic nitrogens is 2. The second-order valence-electron chi connectivity index (χ2n) is 6.04. The lowest BCUT2D eigenvalue weighted by Crippen LogP contribution is -2.16.